The number of nitriles is 1. The van der Waals surface area contributed by atoms with Gasteiger partial charge in [0.25, 0.3) is 0 Å². The summed E-state index contributed by atoms with van der Waals surface area (Å²) in [6, 6.07) is 5.79. The monoisotopic (exact) mass is 409 g/mol. The van der Waals surface area contributed by atoms with Crippen molar-refractivity contribution in [2.45, 2.75) is 12.5 Å². The van der Waals surface area contributed by atoms with Crippen LogP contribution in [0.1, 0.15) is 17.3 Å². The van der Waals surface area contributed by atoms with Crippen molar-refractivity contribution in [3.05, 3.63) is 44.9 Å². The van der Waals surface area contributed by atoms with Gasteiger partial charge in [-0.2, -0.15) is 5.26 Å². The van der Waals surface area contributed by atoms with E-state index in [1.807, 2.05) is 6.07 Å². The largest absolute Gasteiger partial charge is 0.336 e. The van der Waals surface area contributed by atoms with Gasteiger partial charge in [0.05, 0.1) is 28.2 Å². The molecular formula is C16H13Cl2N5O2S. The summed E-state index contributed by atoms with van der Waals surface area (Å²) >= 11 is 13.4. The number of rotatable bonds is 5. The molecule has 1 atom stereocenters. The number of urea groups is 1. The fourth-order valence-corrected chi connectivity index (χ4v) is 3.72. The number of nitrogens with zero attached hydrogens (tertiary/aromatic N) is 3. The molecule has 3 amide bonds. The third kappa shape index (κ3) is 3.90. The number of hydrogen-bond donors (Lipinski definition) is 2. The van der Waals surface area contributed by atoms with Crippen LogP contribution in [0.3, 0.4) is 0 Å². The smallest absolute Gasteiger partial charge is 0.323 e. The first kappa shape index (κ1) is 18.5. The Kier molecular flexibility index (Phi) is 5.61. The second kappa shape index (κ2) is 7.91. The fourth-order valence-electron chi connectivity index (χ4n) is 2.46. The normalized spacial score (nSPS) is 14.7. The van der Waals surface area contributed by atoms with Gasteiger partial charge in [0, 0.05) is 24.0 Å². The molecule has 1 fully saturated rings. The van der Waals surface area contributed by atoms with E-state index in [0.717, 1.165) is 0 Å². The highest BCUT2D eigenvalue weighted by atomic mass is 35.5. The molecule has 1 aliphatic rings. The summed E-state index contributed by atoms with van der Waals surface area (Å²) in [6.45, 7) is 1.11. The average molecular weight is 410 g/mol. The lowest BCUT2D eigenvalue weighted by Crippen LogP contribution is -2.29. The Hall–Kier alpha value is -2.34. The maximum absolute atomic E-state index is 12.3. The van der Waals surface area contributed by atoms with Gasteiger partial charge in [0.1, 0.15) is 6.04 Å². The van der Waals surface area contributed by atoms with Crippen LogP contribution in [0.5, 0.6) is 0 Å². The summed E-state index contributed by atoms with van der Waals surface area (Å²) in [7, 11) is 0. The first-order chi connectivity index (χ1) is 12.5. The van der Waals surface area contributed by atoms with Crippen molar-refractivity contribution >= 4 is 51.6 Å². The molecule has 1 aliphatic heterocycles. The summed E-state index contributed by atoms with van der Waals surface area (Å²) in [4.78, 5) is 29.8. The lowest BCUT2D eigenvalue weighted by molar-refractivity contribution is -0.120. The van der Waals surface area contributed by atoms with Crippen LogP contribution in [0.4, 0.5) is 9.93 Å². The molecule has 26 heavy (non-hydrogen) atoms. The molecule has 1 aromatic heterocycles. The van der Waals surface area contributed by atoms with Crippen molar-refractivity contribution in [2.75, 3.05) is 18.0 Å². The predicted molar refractivity (Wildman–Crippen MR) is 99.5 cm³/mol. The van der Waals surface area contributed by atoms with Crippen LogP contribution < -0.4 is 15.5 Å². The third-order valence-electron chi connectivity index (χ3n) is 3.70. The Labute approximate surface area is 163 Å². The molecule has 0 radical (unpaired) electrons. The maximum Gasteiger partial charge on any atom is 0.323 e. The molecule has 1 unspecified atom stereocenters. The number of anilines is 1. The zero-order valence-electron chi connectivity index (χ0n) is 13.3. The van der Waals surface area contributed by atoms with Crippen LogP contribution in [0, 0.1) is 11.3 Å². The van der Waals surface area contributed by atoms with Gasteiger partial charge in [0.15, 0.2) is 5.13 Å². The molecule has 7 nitrogen and oxygen atoms in total. The molecule has 0 saturated carbocycles. The van der Waals surface area contributed by atoms with E-state index >= 15 is 0 Å². The Morgan fingerprint density at radius 3 is 3.00 bits per heavy atom. The SMILES string of the molecule is N#CC(NC(=O)Cc1csc(N2CCNC2=O)n1)c1cccc(Cl)c1Cl. The topological polar surface area (TPSA) is 98.1 Å². The summed E-state index contributed by atoms with van der Waals surface area (Å²) in [5, 5.41) is 17.5. The van der Waals surface area contributed by atoms with Crippen LogP contribution in [-0.4, -0.2) is 30.0 Å². The number of aromatic nitrogens is 1. The highest BCUT2D eigenvalue weighted by Gasteiger charge is 2.24. The number of carbonyl (C=O) groups is 2. The van der Waals surface area contributed by atoms with Crippen molar-refractivity contribution in [3.8, 4) is 6.07 Å². The highest BCUT2D eigenvalue weighted by molar-refractivity contribution is 7.14. The summed E-state index contributed by atoms with van der Waals surface area (Å²) in [6.07, 6.45) is -0.0116. The number of halogens is 2. The number of amides is 3. The molecule has 0 aliphatic carbocycles. The van der Waals surface area contributed by atoms with Crippen molar-refractivity contribution in [1.82, 2.24) is 15.6 Å². The second-order valence-corrected chi connectivity index (χ2v) is 7.08. The van der Waals surface area contributed by atoms with E-state index in [9.17, 15) is 14.9 Å². The van der Waals surface area contributed by atoms with Crippen LogP contribution in [0.25, 0.3) is 0 Å². The van der Waals surface area contributed by atoms with Crippen molar-refractivity contribution < 1.29 is 9.59 Å². The van der Waals surface area contributed by atoms with E-state index in [1.165, 1.54) is 16.2 Å². The highest BCUT2D eigenvalue weighted by Crippen LogP contribution is 2.30. The quantitative estimate of drug-likeness (QED) is 0.792. The van der Waals surface area contributed by atoms with Crippen LogP contribution >= 0.6 is 34.5 Å². The van der Waals surface area contributed by atoms with E-state index in [-0.39, 0.29) is 23.4 Å². The number of nitrogens with one attached hydrogen (secondary N) is 2. The second-order valence-electron chi connectivity index (χ2n) is 5.45. The molecule has 2 aromatic rings. The van der Waals surface area contributed by atoms with Crippen LogP contribution in [-0.2, 0) is 11.2 Å². The Morgan fingerprint density at radius 2 is 2.31 bits per heavy atom. The molecule has 0 bridgehead atoms. The third-order valence-corrected chi connectivity index (χ3v) is 5.44. The molecule has 3 rings (SSSR count). The van der Waals surface area contributed by atoms with E-state index in [0.29, 0.717) is 34.5 Å². The maximum atomic E-state index is 12.3. The molecular weight excluding hydrogens is 397 g/mol. The number of carbonyl (C=O) groups excluding carboxylic acids is 2. The summed E-state index contributed by atoms with van der Waals surface area (Å²) in [5.74, 6) is -0.379. The van der Waals surface area contributed by atoms with Gasteiger partial charge >= 0.3 is 6.03 Å². The average Bonchev–Trinajstić information content (AvgIpc) is 3.24. The van der Waals surface area contributed by atoms with E-state index in [1.54, 1.807) is 23.6 Å². The Balaban J connectivity index is 1.66. The molecule has 1 aromatic carbocycles. The number of hydrogen-bond acceptors (Lipinski definition) is 5. The minimum absolute atomic E-state index is 0.0116. The minimum Gasteiger partial charge on any atom is -0.336 e. The predicted octanol–water partition coefficient (Wildman–Crippen LogP) is 2.90. The summed E-state index contributed by atoms with van der Waals surface area (Å²) < 4.78 is 0. The van der Waals surface area contributed by atoms with Gasteiger partial charge in [-0.05, 0) is 6.07 Å². The minimum atomic E-state index is -0.920. The zero-order valence-corrected chi connectivity index (χ0v) is 15.7. The van der Waals surface area contributed by atoms with Crippen LogP contribution in [0.2, 0.25) is 10.0 Å². The fraction of sp³-hybridized carbons (Fsp3) is 0.250. The Bertz CT molecular complexity index is 895. The van der Waals surface area contributed by atoms with E-state index in [4.69, 9.17) is 23.2 Å². The van der Waals surface area contributed by atoms with E-state index in [2.05, 4.69) is 15.6 Å². The molecule has 2 N–H and O–H groups in total. The first-order valence-corrected chi connectivity index (χ1v) is 9.26. The molecule has 134 valence electrons. The van der Waals surface area contributed by atoms with Crippen molar-refractivity contribution in [3.63, 3.8) is 0 Å². The number of benzene rings is 1. The molecule has 0 spiro atoms. The van der Waals surface area contributed by atoms with Gasteiger partial charge in [0.2, 0.25) is 5.91 Å². The molecule has 10 heteroatoms. The molecule has 2 heterocycles. The summed E-state index contributed by atoms with van der Waals surface area (Å²) in [5.41, 5.74) is 0.957. The lowest BCUT2D eigenvalue weighted by atomic mass is 10.1. The zero-order chi connectivity index (χ0) is 18.7. The standard InChI is InChI=1S/C16H13Cl2N5O2S/c17-11-3-1-2-10(14(11)18)12(7-19)22-13(24)6-9-8-26-16(21-9)23-5-4-20-15(23)25/h1-3,8,12H,4-6H2,(H,20,25)(H,22,24). The lowest BCUT2D eigenvalue weighted by Gasteiger charge is -2.13. The van der Waals surface area contributed by atoms with Gasteiger partial charge in [-0.1, -0.05) is 35.3 Å². The van der Waals surface area contributed by atoms with Gasteiger partial charge in [-0.3, -0.25) is 9.69 Å². The van der Waals surface area contributed by atoms with Gasteiger partial charge < -0.3 is 10.6 Å². The van der Waals surface area contributed by atoms with Gasteiger partial charge in [-0.25, -0.2) is 9.78 Å². The molecule has 1 saturated heterocycles. The van der Waals surface area contributed by atoms with E-state index < -0.39 is 6.04 Å². The van der Waals surface area contributed by atoms with Crippen molar-refractivity contribution in [1.29, 1.82) is 5.26 Å². The van der Waals surface area contributed by atoms with Crippen molar-refractivity contribution in [2.24, 2.45) is 0 Å². The van der Waals surface area contributed by atoms with Gasteiger partial charge in [-0.15, -0.1) is 11.3 Å². The number of thiazole rings is 1. The Morgan fingerprint density at radius 1 is 1.50 bits per heavy atom. The van der Waals surface area contributed by atoms with Crippen LogP contribution in [0.15, 0.2) is 23.6 Å². The first-order valence-electron chi connectivity index (χ1n) is 7.62.